The van der Waals surface area contributed by atoms with Crippen molar-refractivity contribution < 1.29 is 33.3 Å². The van der Waals surface area contributed by atoms with Crippen LogP contribution in [0.5, 0.6) is 5.75 Å². The van der Waals surface area contributed by atoms with Crippen molar-refractivity contribution in [1.29, 1.82) is 5.26 Å². The first kappa shape index (κ1) is 31.4. The second-order valence-electron chi connectivity index (χ2n) is 10.9. The van der Waals surface area contributed by atoms with E-state index < -0.39 is 30.0 Å². The molecule has 2 heterocycles. The fourth-order valence-electron chi connectivity index (χ4n) is 5.65. The molecule has 1 aliphatic rings. The van der Waals surface area contributed by atoms with Gasteiger partial charge in [-0.25, -0.2) is 19.0 Å². The second-order valence-corrected chi connectivity index (χ2v) is 10.9. The maximum absolute atomic E-state index is 14.9. The van der Waals surface area contributed by atoms with Crippen LogP contribution in [-0.2, 0) is 27.4 Å². The Kier molecular flexibility index (Phi) is 9.61. The van der Waals surface area contributed by atoms with Crippen molar-refractivity contribution in [3.63, 3.8) is 0 Å². The topological polar surface area (TPSA) is 139 Å². The minimum absolute atomic E-state index is 0.000141. The lowest BCUT2D eigenvalue weighted by atomic mass is 10.0. The number of nitrogens with one attached hydrogen (secondary N) is 1. The maximum atomic E-state index is 14.9. The number of aromatic nitrogens is 2. The summed E-state index contributed by atoms with van der Waals surface area (Å²) in [5.74, 6) is -0.714. The van der Waals surface area contributed by atoms with Crippen molar-refractivity contribution in [3.8, 4) is 22.9 Å². The normalized spacial score (nSPS) is 16.8. The molecule has 234 valence electrons. The zero-order valence-corrected chi connectivity index (χ0v) is 25.2. The number of likely N-dealkylation sites (tertiary alicyclic amines) is 1. The average Bonchev–Trinajstić information content (AvgIpc) is 3.59. The Balaban J connectivity index is 1.43. The van der Waals surface area contributed by atoms with E-state index in [9.17, 15) is 24.3 Å². The molecule has 12 heteroatoms. The molecule has 3 atom stereocenters. The van der Waals surface area contributed by atoms with Gasteiger partial charge in [0.25, 0.3) is 0 Å². The molecule has 1 aromatic heterocycles. The van der Waals surface area contributed by atoms with Crippen LogP contribution in [0.1, 0.15) is 23.4 Å². The number of hydrogen-bond donors (Lipinski definition) is 2. The number of aliphatic carboxylic acids is 1. The first-order chi connectivity index (χ1) is 21.7. The quantitative estimate of drug-likeness (QED) is 0.250. The molecule has 0 spiro atoms. The van der Waals surface area contributed by atoms with E-state index in [2.05, 4.69) is 16.4 Å². The largest absolute Gasteiger partial charge is 0.488 e. The number of rotatable bonds is 11. The van der Waals surface area contributed by atoms with E-state index in [4.69, 9.17) is 14.2 Å². The van der Waals surface area contributed by atoms with Gasteiger partial charge in [0.2, 0.25) is 0 Å². The smallest absolute Gasteiger partial charge is 0.410 e. The summed E-state index contributed by atoms with van der Waals surface area (Å²) in [6, 6.07) is 17.7. The van der Waals surface area contributed by atoms with Gasteiger partial charge in [-0.05, 0) is 49.4 Å². The molecule has 5 rings (SSSR count). The van der Waals surface area contributed by atoms with Gasteiger partial charge in [0.15, 0.2) is 0 Å². The molecule has 2 N–H and O–H groups in total. The Labute approximate surface area is 259 Å². The molecule has 0 bridgehead atoms. The third kappa shape index (κ3) is 7.06. The number of fused-ring (bicyclic) bond motifs is 1. The summed E-state index contributed by atoms with van der Waals surface area (Å²) in [6.07, 6.45) is -1.62. The van der Waals surface area contributed by atoms with Gasteiger partial charge in [-0.1, -0.05) is 30.3 Å². The molecular formula is C33H34FN5O6. The van der Waals surface area contributed by atoms with E-state index in [1.807, 2.05) is 36.7 Å². The van der Waals surface area contributed by atoms with Crippen molar-refractivity contribution >= 4 is 23.1 Å². The van der Waals surface area contributed by atoms with Crippen LogP contribution in [0.3, 0.4) is 0 Å². The van der Waals surface area contributed by atoms with Crippen LogP contribution in [0.2, 0.25) is 0 Å². The van der Waals surface area contributed by atoms with E-state index in [1.54, 1.807) is 31.4 Å². The Morgan fingerprint density at radius 1 is 1.20 bits per heavy atom. The number of hydrogen-bond acceptors (Lipinski definition) is 8. The molecular weight excluding hydrogens is 581 g/mol. The molecule has 11 nitrogen and oxygen atoms in total. The van der Waals surface area contributed by atoms with Crippen molar-refractivity contribution in [3.05, 3.63) is 83.4 Å². The lowest BCUT2D eigenvalue weighted by Gasteiger charge is -2.20. The third-order valence-corrected chi connectivity index (χ3v) is 7.79. The van der Waals surface area contributed by atoms with Gasteiger partial charge in [-0.2, -0.15) is 5.26 Å². The molecule has 1 saturated heterocycles. The summed E-state index contributed by atoms with van der Waals surface area (Å²) >= 11 is 0. The number of carboxylic acid groups (broad SMARTS) is 1. The van der Waals surface area contributed by atoms with Crippen LogP contribution >= 0.6 is 0 Å². The number of methoxy groups -OCH3 is 1. The number of carboxylic acids is 1. The van der Waals surface area contributed by atoms with Crippen molar-refractivity contribution in [2.45, 2.75) is 44.7 Å². The highest BCUT2D eigenvalue weighted by molar-refractivity contribution is 5.93. The first-order valence-corrected chi connectivity index (χ1v) is 14.5. The fraction of sp³-hybridized carbons (Fsp3) is 0.333. The minimum atomic E-state index is -1.18. The number of carbonyl (C=O) groups excluding carboxylic acids is 1. The molecule has 1 amide bonds. The summed E-state index contributed by atoms with van der Waals surface area (Å²) in [4.78, 5) is 30.7. The molecule has 45 heavy (non-hydrogen) atoms. The Morgan fingerprint density at radius 3 is 2.67 bits per heavy atom. The lowest BCUT2D eigenvalue weighted by Crippen LogP contribution is -2.40. The molecule has 0 saturated carbocycles. The first-order valence-electron chi connectivity index (χ1n) is 14.5. The number of nitriles is 1. The fourth-order valence-corrected chi connectivity index (χ4v) is 5.65. The van der Waals surface area contributed by atoms with Gasteiger partial charge in [0.05, 0.1) is 41.9 Å². The van der Waals surface area contributed by atoms with Crippen molar-refractivity contribution in [1.82, 2.24) is 19.8 Å². The predicted molar refractivity (Wildman–Crippen MR) is 163 cm³/mol. The number of halogens is 1. The highest BCUT2D eigenvalue weighted by Crippen LogP contribution is 2.35. The second kappa shape index (κ2) is 13.8. The SMILES string of the molecule is CNCC(Cn1c(C)nc2cc(F)cc(-c3cc(C#N)cc(O[C@H]4C[C@@H](C(=O)O)N(C(=O)OCc5ccccc5)C4)c3)c21)OC. The van der Waals surface area contributed by atoms with Crippen LogP contribution in [0, 0.1) is 24.1 Å². The zero-order chi connectivity index (χ0) is 32.1. The number of benzene rings is 3. The predicted octanol–water partition coefficient (Wildman–Crippen LogP) is 4.50. The summed E-state index contributed by atoms with van der Waals surface area (Å²) in [6.45, 7) is 2.85. The third-order valence-electron chi connectivity index (χ3n) is 7.79. The van der Waals surface area contributed by atoms with Gasteiger partial charge in [-0.3, -0.25) is 4.90 Å². The van der Waals surface area contributed by atoms with Crippen LogP contribution in [0.4, 0.5) is 9.18 Å². The number of ether oxygens (including phenoxy) is 3. The highest BCUT2D eigenvalue weighted by atomic mass is 19.1. The highest BCUT2D eigenvalue weighted by Gasteiger charge is 2.42. The van der Waals surface area contributed by atoms with Crippen LogP contribution in [0.15, 0.2) is 60.7 Å². The molecule has 3 aromatic carbocycles. The van der Waals surface area contributed by atoms with Crippen LogP contribution in [0.25, 0.3) is 22.2 Å². The van der Waals surface area contributed by atoms with Crippen LogP contribution in [-0.4, -0.2) is 77.1 Å². The number of imidazole rings is 1. The zero-order valence-electron chi connectivity index (χ0n) is 25.2. The van der Waals surface area contributed by atoms with Gasteiger partial charge < -0.3 is 29.2 Å². The number of amides is 1. The van der Waals surface area contributed by atoms with E-state index >= 15 is 0 Å². The van der Waals surface area contributed by atoms with Gasteiger partial charge in [0, 0.05) is 31.7 Å². The number of likely N-dealkylation sites (N-methyl/N-ethyl adjacent to an activating group) is 1. The maximum Gasteiger partial charge on any atom is 0.410 e. The standard InChI is InChI=1S/C33H34FN5O6/c1-20-37-29-13-24(34)12-28(31(29)38(20)18-27(43-3)16-36-2)23-9-22(15-35)10-25(11-23)45-26-14-30(32(40)41)39(17-26)33(42)44-19-21-7-5-4-6-8-21/h4-13,26-27,30,36H,14,16-19H2,1-3H3,(H,40,41)/t26-,27?,30-/m0/s1. The van der Waals surface area contributed by atoms with E-state index in [-0.39, 0.29) is 37.0 Å². The molecule has 1 aliphatic heterocycles. The molecule has 4 aromatic rings. The number of nitrogens with zero attached hydrogens (tertiary/aromatic N) is 4. The summed E-state index contributed by atoms with van der Waals surface area (Å²) in [5.41, 5.74) is 3.19. The molecule has 0 aliphatic carbocycles. The Hall–Kier alpha value is -4.99. The van der Waals surface area contributed by atoms with Crippen molar-refractivity contribution in [2.24, 2.45) is 0 Å². The average molecular weight is 616 g/mol. The molecule has 0 radical (unpaired) electrons. The number of aryl methyl sites for hydroxylation is 1. The monoisotopic (exact) mass is 615 g/mol. The van der Waals surface area contributed by atoms with Crippen LogP contribution < -0.4 is 10.1 Å². The van der Waals surface area contributed by atoms with E-state index in [0.717, 1.165) is 10.5 Å². The Bertz CT molecular complexity index is 1740. The Morgan fingerprint density at radius 2 is 1.98 bits per heavy atom. The van der Waals surface area contributed by atoms with E-state index in [0.29, 0.717) is 41.1 Å². The van der Waals surface area contributed by atoms with E-state index in [1.165, 1.54) is 18.2 Å². The van der Waals surface area contributed by atoms with Crippen molar-refractivity contribution in [2.75, 3.05) is 27.2 Å². The summed E-state index contributed by atoms with van der Waals surface area (Å²) in [7, 11) is 3.45. The molecule has 1 fully saturated rings. The summed E-state index contributed by atoms with van der Waals surface area (Å²) < 4.78 is 34.1. The summed E-state index contributed by atoms with van der Waals surface area (Å²) in [5, 5.41) is 22.8. The lowest BCUT2D eigenvalue weighted by molar-refractivity contribution is -0.141. The van der Waals surface area contributed by atoms with Gasteiger partial charge in [-0.15, -0.1) is 0 Å². The molecule has 1 unspecified atom stereocenters. The van der Waals surface area contributed by atoms with Gasteiger partial charge in [0.1, 0.15) is 36.1 Å². The minimum Gasteiger partial charge on any atom is -0.488 e. The van der Waals surface area contributed by atoms with Gasteiger partial charge >= 0.3 is 12.1 Å². The number of carbonyl (C=O) groups is 2.